The molecule has 1 aromatic carbocycles. The van der Waals surface area contributed by atoms with Crippen molar-refractivity contribution in [1.29, 1.82) is 5.26 Å². The molecule has 6 nitrogen and oxygen atoms in total. The van der Waals surface area contributed by atoms with Gasteiger partial charge in [0.2, 0.25) is 10.0 Å². The Morgan fingerprint density at radius 3 is 2.57 bits per heavy atom. The van der Waals surface area contributed by atoms with Crippen molar-refractivity contribution in [2.45, 2.75) is 44.6 Å². The topological polar surface area (TPSA) is 102 Å². The maximum atomic E-state index is 12.5. The summed E-state index contributed by atoms with van der Waals surface area (Å²) in [6, 6.07) is 6.30. The van der Waals surface area contributed by atoms with E-state index in [1.807, 2.05) is 13.0 Å². The summed E-state index contributed by atoms with van der Waals surface area (Å²) in [7, 11) is -3.70. The molecule has 0 heterocycles. The second-order valence-corrected chi connectivity index (χ2v) is 7.45. The van der Waals surface area contributed by atoms with E-state index in [1.165, 1.54) is 6.07 Å². The summed E-state index contributed by atoms with van der Waals surface area (Å²) < 4.78 is 27.5. The molecule has 1 rings (SSSR count). The van der Waals surface area contributed by atoms with Gasteiger partial charge in [0.15, 0.2) is 0 Å². The molecule has 0 aliphatic rings. The molecule has 0 saturated carbocycles. The first-order valence-corrected chi connectivity index (χ1v) is 9.23. The highest BCUT2D eigenvalue weighted by molar-refractivity contribution is 7.89. The Labute approximate surface area is 138 Å². The van der Waals surface area contributed by atoms with Crippen LogP contribution in [0.5, 0.6) is 0 Å². The average molecular weight is 339 g/mol. The number of hydrogen-bond acceptors (Lipinski definition) is 5. The van der Waals surface area contributed by atoms with Crippen molar-refractivity contribution in [2.24, 2.45) is 5.92 Å². The lowest BCUT2D eigenvalue weighted by Gasteiger charge is -2.18. The summed E-state index contributed by atoms with van der Waals surface area (Å²) in [5.74, 6) is 0.254. The fourth-order valence-corrected chi connectivity index (χ4v) is 3.68. The van der Waals surface area contributed by atoms with E-state index >= 15 is 0 Å². The maximum Gasteiger partial charge on any atom is 0.242 e. The average Bonchev–Trinajstić information content (AvgIpc) is 2.50. The lowest BCUT2D eigenvalue weighted by Crippen LogP contribution is -2.31. The van der Waals surface area contributed by atoms with Crippen molar-refractivity contribution < 1.29 is 13.5 Å². The molecule has 0 aliphatic carbocycles. The number of hydrogen-bond donors (Lipinski definition) is 3. The molecule has 0 fully saturated rings. The quantitative estimate of drug-likeness (QED) is 0.639. The predicted molar refractivity (Wildman–Crippen MR) is 90.6 cm³/mol. The van der Waals surface area contributed by atoms with E-state index in [4.69, 9.17) is 10.4 Å². The number of aliphatic hydroxyl groups excluding tert-OH is 1. The summed E-state index contributed by atoms with van der Waals surface area (Å²) >= 11 is 0. The summed E-state index contributed by atoms with van der Waals surface area (Å²) in [5, 5.41) is 21.2. The summed E-state index contributed by atoms with van der Waals surface area (Å²) in [6.45, 7) is 6.18. The third kappa shape index (κ3) is 5.82. The van der Waals surface area contributed by atoms with Crippen LogP contribution in [0.15, 0.2) is 23.1 Å². The largest absolute Gasteiger partial charge is 0.396 e. The van der Waals surface area contributed by atoms with Gasteiger partial charge in [-0.05, 0) is 44.4 Å². The van der Waals surface area contributed by atoms with Crippen LogP contribution in [0.25, 0.3) is 0 Å². The number of nitriles is 1. The molecule has 128 valence electrons. The van der Waals surface area contributed by atoms with Gasteiger partial charge in [0, 0.05) is 19.2 Å². The van der Waals surface area contributed by atoms with Gasteiger partial charge in [0.1, 0.15) is 4.90 Å². The normalized spacial score (nSPS) is 12.9. The highest BCUT2D eigenvalue weighted by atomic mass is 32.2. The molecule has 0 saturated heterocycles. The summed E-state index contributed by atoms with van der Waals surface area (Å²) in [6.07, 6.45) is 1.54. The van der Waals surface area contributed by atoms with Gasteiger partial charge in [-0.15, -0.1) is 0 Å². The van der Waals surface area contributed by atoms with E-state index in [2.05, 4.69) is 10.0 Å². The zero-order chi connectivity index (χ0) is 17.5. The van der Waals surface area contributed by atoms with E-state index < -0.39 is 10.0 Å². The van der Waals surface area contributed by atoms with Crippen molar-refractivity contribution in [3.05, 3.63) is 23.8 Å². The SMILES string of the molecule is CC[C@@H](CCO)CNc1ccc(C#N)cc1S(=O)(=O)NC(C)C. The molecule has 0 spiro atoms. The van der Waals surface area contributed by atoms with Crippen molar-refractivity contribution in [1.82, 2.24) is 4.72 Å². The second kappa shape index (κ2) is 8.87. The molecule has 7 heteroatoms. The van der Waals surface area contributed by atoms with Crippen LogP contribution in [0, 0.1) is 17.2 Å². The number of nitrogens with zero attached hydrogens (tertiary/aromatic N) is 1. The molecule has 1 aromatic rings. The highest BCUT2D eigenvalue weighted by Crippen LogP contribution is 2.24. The van der Waals surface area contributed by atoms with Crippen LogP contribution >= 0.6 is 0 Å². The molecule has 0 aliphatic heterocycles. The Balaban J connectivity index is 3.10. The number of anilines is 1. The van der Waals surface area contributed by atoms with E-state index in [0.717, 1.165) is 6.42 Å². The minimum atomic E-state index is -3.70. The second-order valence-electron chi connectivity index (χ2n) is 5.77. The van der Waals surface area contributed by atoms with Crippen LogP contribution in [0.3, 0.4) is 0 Å². The van der Waals surface area contributed by atoms with Crippen molar-refractivity contribution >= 4 is 15.7 Å². The first-order chi connectivity index (χ1) is 10.8. The number of nitrogens with one attached hydrogen (secondary N) is 2. The summed E-state index contributed by atoms with van der Waals surface area (Å²) in [4.78, 5) is 0.0732. The van der Waals surface area contributed by atoms with Gasteiger partial charge in [-0.2, -0.15) is 5.26 Å². The minimum absolute atomic E-state index is 0.0732. The fraction of sp³-hybridized carbons (Fsp3) is 0.562. The van der Waals surface area contributed by atoms with Crippen LogP contribution in [0.1, 0.15) is 39.2 Å². The van der Waals surface area contributed by atoms with E-state index in [-0.39, 0.29) is 23.5 Å². The first-order valence-electron chi connectivity index (χ1n) is 7.75. The Hall–Kier alpha value is -1.62. The molecule has 0 bridgehead atoms. The monoisotopic (exact) mass is 339 g/mol. The Bertz CT molecular complexity index is 651. The van der Waals surface area contributed by atoms with Crippen molar-refractivity contribution in [3.8, 4) is 6.07 Å². The highest BCUT2D eigenvalue weighted by Gasteiger charge is 2.20. The maximum absolute atomic E-state index is 12.5. The lowest BCUT2D eigenvalue weighted by molar-refractivity contribution is 0.258. The Morgan fingerprint density at radius 2 is 2.04 bits per heavy atom. The number of sulfonamides is 1. The van der Waals surface area contributed by atoms with E-state index in [0.29, 0.717) is 24.2 Å². The van der Waals surface area contributed by atoms with Gasteiger partial charge in [-0.25, -0.2) is 13.1 Å². The van der Waals surface area contributed by atoms with Crippen LogP contribution in [0.2, 0.25) is 0 Å². The van der Waals surface area contributed by atoms with Gasteiger partial charge < -0.3 is 10.4 Å². The fourth-order valence-electron chi connectivity index (χ4n) is 2.22. The zero-order valence-electron chi connectivity index (χ0n) is 13.8. The Kier molecular flexibility index (Phi) is 7.49. The standard InChI is InChI=1S/C16H25N3O3S/c1-4-13(7-8-20)11-18-15-6-5-14(10-17)9-16(15)23(21,22)19-12(2)3/h5-6,9,12-13,18-20H,4,7-8,11H2,1-3H3/t13-/m0/s1. The van der Waals surface area contributed by atoms with Gasteiger partial charge >= 0.3 is 0 Å². The number of aliphatic hydroxyl groups is 1. The molecule has 3 N–H and O–H groups in total. The predicted octanol–water partition coefficient (Wildman–Crippen LogP) is 2.07. The van der Waals surface area contributed by atoms with Crippen molar-refractivity contribution in [3.63, 3.8) is 0 Å². The molecule has 0 amide bonds. The van der Waals surface area contributed by atoms with E-state index in [9.17, 15) is 8.42 Å². The molecular weight excluding hydrogens is 314 g/mol. The van der Waals surface area contributed by atoms with Crippen LogP contribution in [-0.4, -0.2) is 32.7 Å². The molecule has 0 unspecified atom stereocenters. The number of benzene rings is 1. The number of rotatable bonds is 9. The molecule has 23 heavy (non-hydrogen) atoms. The zero-order valence-corrected chi connectivity index (χ0v) is 14.7. The summed E-state index contributed by atoms with van der Waals surface area (Å²) in [5.41, 5.74) is 0.760. The molecular formula is C16H25N3O3S. The lowest BCUT2D eigenvalue weighted by atomic mass is 10.0. The van der Waals surface area contributed by atoms with Gasteiger partial charge in [-0.1, -0.05) is 13.3 Å². The molecule has 1 atom stereocenters. The molecule has 0 aromatic heterocycles. The van der Waals surface area contributed by atoms with Gasteiger partial charge in [-0.3, -0.25) is 0 Å². The van der Waals surface area contributed by atoms with Crippen LogP contribution < -0.4 is 10.0 Å². The third-order valence-electron chi connectivity index (χ3n) is 3.49. The van der Waals surface area contributed by atoms with E-state index in [1.54, 1.807) is 26.0 Å². The first kappa shape index (κ1) is 19.4. The van der Waals surface area contributed by atoms with Crippen LogP contribution in [0.4, 0.5) is 5.69 Å². The van der Waals surface area contributed by atoms with Gasteiger partial charge in [0.25, 0.3) is 0 Å². The van der Waals surface area contributed by atoms with Gasteiger partial charge in [0.05, 0.1) is 17.3 Å². The minimum Gasteiger partial charge on any atom is -0.396 e. The third-order valence-corrected chi connectivity index (χ3v) is 5.19. The smallest absolute Gasteiger partial charge is 0.242 e. The van der Waals surface area contributed by atoms with Crippen LogP contribution in [-0.2, 0) is 10.0 Å². The Morgan fingerprint density at radius 1 is 1.35 bits per heavy atom. The molecule has 0 radical (unpaired) electrons. The van der Waals surface area contributed by atoms with Crippen molar-refractivity contribution in [2.75, 3.05) is 18.5 Å².